The number of rotatable bonds is 3. The van der Waals surface area contributed by atoms with E-state index in [-0.39, 0.29) is 0 Å². The molecule has 0 radical (unpaired) electrons. The van der Waals surface area contributed by atoms with Gasteiger partial charge >= 0.3 is 18.4 Å². The molecule has 1 rings (SSSR count). The smallest absolute Gasteiger partial charge is 0.400 e. The first-order valence-electron chi connectivity index (χ1n) is 3.94. The maximum Gasteiger partial charge on any atom is 0.407 e. The fourth-order valence-electron chi connectivity index (χ4n) is 0.946. The highest BCUT2D eigenvalue weighted by molar-refractivity contribution is 9.10. The summed E-state index contributed by atoms with van der Waals surface area (Å²) in [5.74, 6) is -3.64. The van der Waals surface area contributed by atoms with Crippen molar-refractivity contribution in [2.24, 2.45) is 5.73 Å². The molecule has 1 aromatic rings. The highest BCUT2D eigenvalue weighted by Crippen LogP contribution is 2.33. The molecule has 0 aliphatic carbocycles. The molecule has 0 saturated carbocycles. The zero-order chi connectivity index (χ0) is 12.3. The van der Waals surface area contributed by atoms with Crippen molar-refractivity contribution in [1.82, 2.24) is 4.98 Å². The van der Waals surface area contributed by atoms with Crippen LogP contribution in [0, 0.1) is 0 Å². The molecular formula is C8H6BrF3N2O2. The Bertz CT molecular complexity index is 405. The summed E-state index contributed by atoms with van der Waals surface area (Å²) in [6.07, 6.45) is -4.16. The molecule has 16 heavy (non-hydrogen) atoms. The van der Waals surface area contributed by atoms with Gasteiger partial charge in [-0.25, -0.2) is 13.6 Å². The first kappa shape index (κ1) is 12.8. The highest BCUT2D eigenvalue weighted by Gasteiger charge is 2.48. The highest BCUT2D eigenvalue weighted by atomic mass is 79.9. The van der Waals surface area contributed by atoms with Crippen molar-refractivity contribution in [3.05, 3.63) is 28.5 Å². The van der Waals surface area contributed by atoms with Gasteiger partial charge in [0.25, 0.3) is 0 Å². The predicted molar refractivity (Wildman–Crippen MR) is 51.4 cm³/mol. The summed E-state index contributed by atoms with van der Waals surface area (Å²) in [4.78, 5) is 13.7. The molecule has 1 heterocycles. The number of hydrogen-bond acceptors (Lipinski definition) is 3. The van der Waals surface area contributed by atoms with Crippen LogP contribution in [0.5, 0.6) is 0 Å². The van der Waals surface area contributed by atoms with Crippen molar-refractivity contribution in [2.75, 3.05) is 0 Å². The first-order valence-corrected chi connectivity index (χ1v) is 4.73. The first-order chi connectivity index (χ1) is 7.36. The van der Waals surface area contributed by atoms with Crippen molar-refractivity contribution in [3.8, 4) is 0 Å². The summed E-state index contributed by atoms with van der Waals surface area (Å²) in [6.45, 7) is 0. The van der Waals surface area contributed by atoms with Crippen molar-refractivity contribution in [1.29, 1.82) is 0 Å². The number of carbonyl (C=O) groups excluding carboxylic acids is 1. The Morgan fingerprint density at radius 2 is 2.25 bits per heavy atom. The molecule has 1 unspecified atom stereocenters. The number of hydrogen-bond donors (Lipinski definition) is 1. The number of halogens is 4. The summed E-state index contributed by atoms with van der Waals surface area (Å²) in [5, 5.41) is 0. The lowest BCUT2D eigenvalue weighted by Crippen LogP contribution is -2.37. The topological polar surface area (TPSA) is 65.2 Å². The van der Waals surface area contributed by atoms with Crippen LogP contribution in [0.2, 0.25) is 0 Å². The molecule has 1 amide bonds. The van der Waals surface area contributed by atoms with Gasteiger partial charge in [-0.15, -0.1) is 0 Å². The molecule has 0 bridgehead atoms. The molecule has 1 atom stereocenters. The van der Waals surface area contributed by atoms with Gasteiger partial charge in [-0.1, -0.05) is 15.9 Å². The van der Waals surface area contributed by atoms with Crippen LogP contribution in [0.15, 0.2) is 22.8 Å². The third-order valence-electron chi connectivity index (χ3n) is 1.60. The van der Waals surface area contributed by atoms with Crippen molar-refractivity contribution < 1.29 is 22.7 Å². The second-order valence-electron chi connectivity index (χ2n) is 2.73. The van der Waals surface area contributed by atoms with Crippen LogP contribution in [0.1, 0.15) is 5.69 Å². The molecule has 0 spiro atoms. The van der Waals surface area contributed by atoms with Crippen LogP contribution in [0.3, 0.4) is 0 Å². The van der Waals surface area contributed by atoms with Crippen LogP contribution >= 0.6 is 15.9 Å². The van der Waals surface area contributed by atoms with Crippen LogP contribution in [-0.2, 0) is 10.6 Å². The molecule has 8 heteroatoms. The Hall–Kier alpha value is -1.31. The average Bonchev–Trinajstić information content (AvgIpc) is 2.16. The predicted octanol–water partition coefficient (Wildman–Crippen LogP) is 2.33. The van der Waals surface area contributed by atoms with Gasteiger partial charge in [0.15, 0.2) is 0 Å². The molecule has 0 saturated heterocycles. The van der Waals surface area contributed by atoms with Gasteiger partial charge in [0.05, 0.1) is 0 Å². The van der Waals surface area contributed by atoms with E-state index in [2.05, 4.69) is 31.4 Å². The number of ether oxygens (including phenoxy) is 1. The van der Waals surface area contributed by atoms with Crippen LogP contribution < -0.4 is 5.73 Å². The molecule has 1 aromatic heterocycles. The lowest BCUT2D eigenvalue weighted by Gasteiger charge is -2.22. The van der Waals surface area contributed by atoms with Gasteiger partial charge in [-0.3, -0.25) is 4.98 Å². The molecular weight excluding hydrogens is 293 g/mol. The second kappa shape index (κ2) is 4.69. The van der Waals surface area contributed by atoms with Crippen molar-refractivity contribution in [3.63, 3.8) is 0 Å². The van der Waals surface area contributed by atoms with Gasteiger partial charge in [0.1, 0.15) is 5.69 Å². The molecule has 0 aliphatic heterocycles. The van der Waals surface area contributed by atoms with E-state index in [1.807, 2.05) is 0 Å². The quantitative estimate of drug-likeness (QED) is 0.931. The number of nitrogens with zero attached hydrogens (tertiary/aromatic N) is 1. The third kappa shape index (κ3) is 2.63. The van der Waals surface area contributed by atoms with Crippen molar-refractivity contribution >= 4 is 22.0 Å². The fourth-order valence-corrected chi connectivity index (χ4v) is 1.28. The minimum atomic E-state index is -3.64. The number of aromatic nitrogens is 1. The number of amides is 1. The molecule has 4 nitrogen and oxygen atoms in total. The summed E-state index contributed by atoms with van der Waals surface area (Å²) >= 11 is 2.95. The largest absolute Gasteiger partial charge is 0.407 e. The summed E-state index contributed by atoms with van der Waals surface area (Å²) < 4.78 is 42.8. The average molecular weight is 299 g/mol. The Kier molecular flexibility index (Phi) is 3.74. The molecule has 88 valence electrons. The van der Waals surface area contributed by atoms with E-state index in [1.54, 1.807) is 0 Å². The molecule has 0 aliphatic rings. The maximum absolute atomic E-state index is 13.7. The van der Waals surface area contributed by atoms with E-state index in [4.69, 9.17) is 0 Å². The Morgan fingerprint density at radius 3 is 2.69 bits per heavy atom. The summed E-state index contributed by atoms with van der Waals surface area (Å²) in [6, 6.07) is 2.37. The van der Waals surface area contributed by atoms with E-state index < -0.39 is 24.1 Å². The number of pyridine rings is 1. The van der Waals surface area contributed by atoms with Gasteiger partial charge in [-0.2, -0.15) is 4.39 Å². The minimum absolute atomic E-state index is 0.313. The van der Waals surface area contributed by atoms with Gasteiger partial charge in [0, 0.05) is 10.7 Å². The van der Waals surface area contributed by atoms with Crippen LogP contribution in [0.4, 0.5) is 18.0 Å². The summed E-state index contributed by atoms with van der Waals surface area (Å²) in [7, 11) is 0. The Morgan fingerprint density at radius 1 is 1.62 bits per heavy atom. The van der Waals surface area contributed by atoms with E-state index >= 15 is 0 Å². The van der Waals surface area contributed by atoms with E-state index in [0.717, 1.165) is 12.3 Å². The summed E-state index contributed by atoms with van der Waals surface area (Å²) in [5.41, 5.74) is 3.78. The number of carbonyl (C=O) groups is 1. The van der Waals surface area contributed by atoms with Crippen LogP contribution in [0.25, 0.3) is 0 Å². The lowest BCUT2D eigenvalue weighted by atomic mass is 10.2. The Balaban J connectivity index is 3.16. The van der Waals surface area contributed by atoms with E-state index in [9.17, 15) is 18.0 Å². The number of alkyl halides is 3. The zero-order valence-electron chi connectivity index (χ0n) is 7.66. The Labute approximate surface area is 96.7 Å². The number of primary amides is 1. The lowest BCUT2D eigenvalue weighted by molar-refractivity contribution is -0.195. The zero-order valence-corrected chi connectivity index (χ0v) is 9.25. The molecule has 0 fully saturated rings. The standard InChI is InChI=1S/C8H6BrF3N2O2/c9-4-1-2-14-5(3-4)8(12,6(10)11)16-7(13)15/h1-3,6H,(H2,13,15). The van der Waals surface area contributed by atoms with E-state index in [0.29, 0.717) is 4.47 Å². The van der Waals surface area contributed by atoms with Gasteiger partial charge in [-0.05, 0) is 12.1 Å². The van der Waals surface area contributed by atoms with Crippen LogP contribution in [-0.4, -0.2) is 17.5 Å². The normalized spacial score (nSPS) is 14.6. The van der Waals surface area contributed by atoms with Gasteiger partial charge in [0.2, 0.25) is 0 Å². The maximum atomic E-state index is 13.7. The van der Waals surface area contributed by atoms with Crippen molar-refractivity contribution in [2.45, 2.75) is 12.3 Å². The second-order valence-corrected chi connectivity index (χ2v) is 3.64. The SMILES string of the molecule is NC(=O)OC(F)(c1cc(Br)ccn1)C(F)F. The minimum Gasteiger partial charge on any atom is -0.400 e. The number of nitrogens with two attached hydrogens (primary N) is 1. The monoisotopic (exact) mass is 298 g/mol. The fraction of sp³-hybridized carbons (Fsp3) is 0.250. The molecule has 0 aromatic carbocycles. The van der Waals surface area contributed by atoms with E-state index in [1.165, 1.54) is 6.07 Å². The third-order valence-corrected chi connectivity index (χ3v) is 2.09. The molecule has 2 N–H and O–H groups in total. The van der Waals surface area contributed by atoms with Gasteiger partial charge < -0.3 is 10.5 Å².